The summed E-state index contributed by atoms with van der Waals surface area (Å²) >= 11 is 1.78. The van der Waals surface area contributed by atoms with Gasteiger partial charge in [0.25, 0.3) is 0 Å². The molecule has 0 bridgehead atoms. The number of thiophene rings is 1. The first-order valence-electron chi connectivity index (χ1n) is 12.7. The standard InChI is InChI=1S/C28H35NO5SSi/c1-28(2,3)36(5,6)34-18-10-7-16-13-23(35-22(16)14-18)19-11-12-20-24(26(19)33-4)29(17-8-9-17)15-21(25(20)30)27(31)32/h11-13,15,17-18H,7-10,14H2,1-6H3,(H,31,32). The molecular weight excluding hydrogens is 490 g/mol. The van der Waals surface area contributed by atoms with E-state index in [0.717, 1.165) is 42.5 Å². The topological polar surface area (TPSA) is 77.8 Å². The molecule has 36 heavy (non-hydrogen) atoms. The highest BCUT2D eigenvalue weighted by Crippen LogP contribution is 2.46. The Bertz CT molecular complexity index is 1410. The number of aromatic nitrogens is 1. The normalized spacial score (nSPS) is 18.3. The number of pyridine rings is 1. The van der Waals surface area contributed by atoms with E-state index in [2.05, 4.69) is 39.9 Å². The minimum atomic E-state index is -1.83. The molecule has 5 rings (SSSR count). The molecule has 3 aromatic rings. The zero-order valence-electron chi connectivity index (χ0n) is 21.9. The summed E-state index contributed by atoms with van der Waals surface area (Å²) in [4.78, 5) is 27.2. The Morgan fingerprint density at radius 1 is 1.19 bits per heavy atom. The summed E-state index contributed by atoms with van der Waals surface area (Å²) in [7, 11) is -0.208. The molecule has 0 saturated heterocycles. The van der Waals surface area contributed by atoms with E-state index >= 15 is 0 Å². The lowest BCUT2D eigenvalue weighted by Gasteiger charge is -2.40. The van der Waals surface area contributed by atoms with E-state index in [4.69, 9.17) is 9.16 Å². The summed E-state index contributed by atoms with van der Waals surface area (Å²) in [6.45, 7) is 11.5. The van der Waals surface area contributed by atoms with Crippen LogP contribution < -0.4 is 10.2 Å². The second kappa shape index (κ2) is 8.85. The van der Waals surface area contributed by atoms with Crippen LogP contribution in [-0.4, -0.2) is 37.2 Å². The summed E-state index contributed by atoms with van der Waals surface area (Å²) in [5.74, 6) is -0.555. The average molecular weight is 526 g/mol. The fourth-order valence-corrected chi connectivity index (χ4v) is 7.60. The molecule has 2 aliphatic carbocycles. The van der Waals surface area contributed by atoms with Crippen molar-refractivity contribution in [1.82, 2.24) is 4.57 Å². The summed E-state index contributed by atoms with van der Waals surface area (Å²) in [6, 6.07) is 6.13. The minimum absolute atomic E-state index is 0.185. The number of rotatable bonds is 6. The first-order valence-corrected chi connectivity index (χ1v) is 16.4. The zero-order chi connectivity index (χ0) is 26.0. The molecule has 0 amide bonds. The largest absolute Gasteiger partial charge is 0.494 e. The Kier molecular flexibility index (Phi) is 6.21. The van der Waals surface area contributed by atoms with E-state index in [1.54, 1.807) is 24.5 Å². The van der Waals surface area contributed by atoms with Gasteiger partial charge >= 0.3 is 5.97 Å². The highest BCUT2D eigenvalue weighted by molar-refractivity contribution is 7.15. The van der Waals surface area contributed by atoms with Crippen molar-refractivity contribution in [2.75, 3.05) is 7.11 Å². The van der Waals surface area contributed by atoms with Crippen LogP contribution in [0.2, 0.25) is 18.1 Å². The number of hydrogen-bond acceptors (Lipinski definition) is 5. The number of benzene rings is 1. The third-order valence-electron chi connectivity index (χ3n) is 8.10. The fraction of sp³-hybridized carbons (Fsp3) is 0.500. The smallest absolute Gasteiger partial charge is 0.341 e. The SMILES string of the molecule is COc1c(-c2cc3c(s2)CC(O[Si](C)(C)C(C)(C)C)CC3)ccc2c(=O)c(C(=O)O)cn(C3CC3)c12. The Morgan fingerprint density at radius 2 is 1.92 bits per heavy atom. The van der Waals surface area contributed by atoms with Crippen LogP contribution in [0.3, 0.4) is 0 Å². The number of carbonyl (C=O) groups is 1. The number of ether oxygens (including phenoxy) is 1. The number of nitrogens with zero attached hydrogens (tertiary/aromatic N) is 1. The van der Waals surface area contributed by atoms with Gasteiger partial charge in [-0.3, -0.25) is 4.79 Å². The molecule has 0 aliphatic heterocycles. The maximum absolute atomic E-state index is 13.0. The van der Waals surface area contributed by atoms with Crippen LogP contribution >= 0.6 is 11.3 Å². The van der Waals surface area contributed by atoms with E-state index in [-0.39, 0.29) is 22.7 Å². The molecular formula is C28H35NO5SSi. The van der Waals surface area contributed by atoms with Crippen molar-refractivity contribution >= 4 is 36.5 Å². The molecule has 1 atom stereocenters. The predicted molar refractivity (Wildman–Crippen MR) is 147 cm³/mol. The Labute approximate surface area is 217 Å². The van der Waals surface area contributed by atoms with Crippen LogP contribution in [0, 0.1) is 0 Å². The third kappa shape index (κ3) is 4.33. The van der Waals surface area contributed by atoms with Crippen molar-refractivity contribution in [3.8, 4) is 16.2 Å². The highest BCUT2D eigenvalue weighted by atomic mass is 32.1. The molecule has 2 aliphatic rings. The molecule has 8 heteroatoms. The molecule has 2 heterocycles. The average Bonchev–Trinajstić information content (AvgIpc) is 3.56. The van der Waals surface area contributed by atoms with Gasteiger partial charge in [0.05, 0.1) is 24.1 Å². The van der Waals surface area contributed by atoms with Crippen molar-refractivity contribution in [2.24, 2.45) is 0 Å². The number of aryl methyl sites for hydroxylation is 1. The molecule has 1 fully saturated rings. The van der Waals surface area contributed by atoms with Crippen molar-refractivity contribution < 1.29 is 19.1 Å². The number of methoxy groups -OCH3 is 1. The first-order chi connectivity index (χ1) is 16.9. The van der Waals surface area contributed by atoms with Gasteiger partial charge < -0.3 is 18.8 Å². The van der Waals surface area contributed by atoms with Gasteiger partial charge in [-0.05, 0) is 67.6 Å². The lowest BCUT2D eigenvalue weighted by Crippen LogP contribution is -2.45. The van der Waals surface area contributed by atoms with E-state index in [9.17, 15) is 14.7 Å². The van der Waals surface area contributed by atoms with Gasteiger partial charge in [0.1, 0.15) is 5.56 Å². The van der Waals surface area contributed by atoms with Gasteiger partial charge in [-0.25, -0.2) is 4.79 Å². The molecule has 2 aromatic heterocycles. The maximum Gasteiger partial charge on any atom is 0.341 e. The second-order valence-corrected chi connectivity index (χ2v) is 17.6. The van der Waals surface area contributed by atoms with Crippen LogP contribution in [-0.2, 0) is 17.3 Å². The molecule has 6 nitrogen and oxygen atoms in total. The van der Waals surface area contributed by atoms with Gasteiger partial charge in [0.15, 0.2) is 14.1 Å². The third-order valence-corrected chi connectivity index (χ3v) is 13.9. The monoisotopic (exact) mass is 525 g/mol. The molecule has 1 unspecified atom stereocenters. The number of hydrogen-bond donors (Lipinski definition) is 1. The minimum Gasteiger partial charge on any atom is -0.494 e. The molecule has 1 aromatic carbocycles. The molecule has 0 radical (unpaired) electrons. The Balaban J connectivity index is 1.55. The lowest BCUT2D eigenvalue weighted by molar-refractivity contribution is 0.0694. The first kappa shape index (κ1) is 25.2. The predicted octanol–water partition coefficient (Wildman–Crippen LogP) is 6.65. The summed E-state index contributed by atoms with van der Waals surface area (Å²) < 4.78 is 14.6. The van der Waals surface area contributed by atoms with Crippen LogP contribution in [0.25, 0.3) is 21.3 Å². The maximum atomic E-state index is 13.0. The number of carboxylic acid groups (broad SMARTS) is 1. The van der Waals surface area contributed by atoms with Crippen LogP contribution in [0.5, 0.6) is 5.75 Å². The molecule has 1 saturated carbocycles. The van der Waals surface area contributed by atoms with Gasteiger partial charge in [0.2, 0.25) is 5.43 Å². The van der Waals surface area contributed by atoms with Gasteiger partial charge in [-0.2, -0.15) is 0 Å². The number of aromatic carboxylic acids is 1. The van der Waals surface area contributed by atoms with Crippen LogP contribution in [0.1, 0.15) is 66.9 Å². The molecule has 0 spiro atoms. The zero-order valence-corrected chi connectivity index (χ0v) is 23.8. The van der Waals surface area contributed by atoms with Gasteiger partial charge in [0, 0.05) is 34.0 Å². The van der Waals surface area contributed by atoms with Crippen molar-refractivity contribution in [2.45, 2.75) is 83.2 Å². The molecule has 1 N–H and O–H groups in total. The van der Waals surface area contributed by atoms with Crippen LogP contribution in [0.15, 0.2) is 29.2 Å². The number of fused-ring (bicyclic) bond motifs is 2. The van der Waals surface area contributed by atoms with E-state index < -0.39 is 19.7 Å². The lowest BCUT2D eigenvalue weighted by atomic mass is 9.96. The van der Waals surface area contributed by atoms with Crippen molar-refractivity contribution in [3.05, 3.63) is 50.6 Å². The van der Waals surface area contributed by atoms with E-state index in [1.165, 1.54) is 16.6 Å². The quantitative estimate of drug-likeness (QED) is 0.365. The van der Waals surface area contributed by atoms with E-state index in [1.807, 2.05) is 10.6 Å². The Hall–Kier alpha value is -2.42. The second-order valence-electron chi connectivity index (χ2n) is 11.7. The fourth-order valence-electron chi connectivity index (χ4n) is 4.91. The number of carboxylic acids is 1. The van der Waals surface area contributed by atoms with Crippen LogP contribution in [0.4, 0.5) is 0 Å². The summed E-state index contributed by atoms with van der Waals surface area (Å²) in [5, 5.41) is 10.2. The summed E-state index contributed by atoms with van der Waals surface area (Å²) in [5.41, 5.74) is 2.35. The Morgan fingerprint density at radius 3 is 2.53 bits per heavy atom. The molecule has 192 valence electrons. The van der Waals surface area contributed by atoms with Gasteiger partial charge in [-0.15, -0.1) is 11.3 Å². The van der Waals surface area contributed by atoms with Crippen molar-refractivity contribution in [3.63, 3.8) is 0 Å². The van der Waals surface area contributed by atoms with Gasteiger partial charge in [-0.1, -0.05) is 20.8 Å². The summed E-state index contributed by atoms with van der Waals surface area (Å²) in [6.07, 6.45) is 6.63. The highest BCUT2D eigenvalue weighted by Gasteiger charge is 2.40. The van der Waals surface area contributed by atoms with E-state index in [0.29, 0.717) is 16.7 Å². The van der Waals surface area contributed by atoms with Crippen molar-refractivity contribution in [1.29, 1.82) is 0 Å².